The summed E-state index contributed by atoms with van der Waals surface area (Å²) in [5.41, 5.74) is 9.92. The zero-order valence-electron chi connectivity index (χ0n) is 29.7. The zero-order valence-corrected chi connectivity index (χ0v) is 29.7. The second kappa shape index (κ2) is 13.2. The highest BCUT2D eigenvalue weighted by Crippen LogP contribution is 2.38. The van der Waals surface area contributed by atoms with Crippen LogP contribution in [0.2, 0.25) is 0 Å². The number of aromatic nitrogens is 1. The molecule has 0 saturated heterocycles. The number of nitrogens with zero attached hydrogens (tertiary/aromatic N) is 3. The Kier molecular flexibility index (Phi) is 7.70. The molecule has 0 fully saturated rings. The molecule has 2 aromatic heterocycles. The summed E-state index contributed by atoms with van der Waals surface area (Å²) in [6, 6.07) is 67.0. The molecule has 10 rings (SSSR count). The smallest absolute Gasteiger partial charge is 0.197 e. The molecule has 0 unspecified atom stereocenters. The van der Waals surface area contributed by atoms with E-state index in [-0.39, 0.29) is 10.9 Å². The van der Waals surface area contributed by atoms with E-state index in [2.05, 4.69) is 99.1 Å². The highest BCUT2D eigenvalue weighted by molar-refractivity contribution is 6.08. The van der Waals surface area contributed by atoms with E-state index in [0.29, 0.717) is 27.1 Å². The van der Waals surface area contributed by atoms with Crippen molar-refractivity contribution in [3.05, 3.63) is 221 Å². The van der Waals surface area contributed by atoms with Crippen LogP contribution in [0, 0.1) is 0 Å². The summed E-state index contributed by atoms with van der Waals surface area (Å²) in [5.74, 6) is 0. The molecular formula is C50H33N3O2. The minimum atomic E-state index is -0.0981. The number of anilines is 6. The van der Waals surface area contributed by atoms with Gasteiger partial charge < -0.3 is 14.2 Å². The summed E-state index contributed by atoms with van der Waals surface area (Å²) in [7, 11) is 0. The number of rotatable bonds is 7. The Morgan fingerprint density at radius 3 is 1.18 bits per heavy atom. The first-order valence-electron chi connectivity index (χ1n) is 18.4. The fraction of sp³-hybridized carbons (Fsp3) is 0. The monoisotopic (exact) mass is 707 g/mol. The Hall–Kier alpha value is -7.50. The van der Waals surface area contributed by atoms with Gasteiger partial charge in [-0.15, -0.1) is 0 Å². The largest absolute Gasteiger partial charge is 0.311 e. The molecule has 0 aliphatic carbocycles. The molecule has 10 aromatic rings. The van der Waals surface area contributed by atoms with E-state index in [1.54, 1.807) is 0 Å². The summed E-state index contributed by atoms with van der Waals surface area (Å²) in [5, 5.41) is 2.23. The highest BCUT2D eigenvalue weighted by Gasteiger charge is 2.20. The summed E-state index contributed by atoms with van der Waals surface area (Å²) in [6.07, 6.45) is 0. The average molecular weight is 708 g/mol. The van der Waals surface area contributed by atoms with Crippen LogP contribution in [0.3, 0.4) is 0 Å². The van der Waals surface area contributed by atoms with Gasteiger partial charge in [0.25, 0.3) is 0 Å². The molecule has 0 aliphatic rings. The van der Waals surface area contributed by atoms with Crippen molar-refractivity contribution in [1.29, 1.82) is 0 Å². The van der Waals surface area contributed by atoms with Crippen LogP contribution in [0.1, 0.15) is 0 Å². The van der Waals surface area contributed by atoms with Gasteiger partial charge in [-0.3, -0.25) is 9.59 Å². The Labute approximate surface area is 317 Å². The molecule has 0 saturated carbocycles. The third-order valence-electron chi connectivity index (χ3n) is 10.5. The fourth-order valence-corrected chi connectivity index (χ4v) is 7.95. The van der Waals surface area contributed by atoms with Gasteiger partial charge in [-0.25, -0.2) is 0 Å². The van der Waals surface area contributed by atoms with Crippen molar-refractivity contribution in [3.63, 3.8) is 0 Å². The Bertz CT molecular complexity index is 3030. The molecular weight excluding hydrogens is 675 g/mol. The maximum Gasteiger partial charge on any atom is 0.197 e. The van der Waals surface area contributed by atoms with E-state index in [1.807, 2.05) is 115 Å². The SMILES string of the molecule is O=c1c2cc(-c3ccc(N(c4ccccc4)c4ccccc4)cc3)ccc2n2c3ccc(N(c4ccccc4)c4ccccc4)cc3c(=O)c3cccc1c32. The molecule has 5 heteroatoms. The lowest BCUT2D eigenvalue weighted by Gasteiger charge is -2.26. The van der Waals surface area contributed by atoms with Crippen molar-refractivity contribution in [2.75, 3.05) is 9.80 Å². The van der Waals surface area contributed by atoms with E-state index in [1.165, 1.54) is 0 Å². The predicted octanol–water partition coefficient (Wildman–Crippen LogP) is 12.2. The molecule has 55 heavy (non-hydrogen) atoms. The van der Waals surface area contributed by atoms with Crippen LogP contribution in [0.5, 0.6) is 0 Å². The highest BCUT2D eigenvalue weighted by atomic mass is 16.1. The van der Waals surface area contributed by atoms with Crippen LogP contribution in [-0.4, -0.2) is 4.40 Å². The first kappa shape index (κ1) is 32.2. The summed E-state index contributed by atoms with van der Waals surface area (Å²) in [6.45, 7) is 0. The Morgan fingerprint density at radius 1 is 0.309 bits per heavy atom. The number of para-hydroxylation sites is 5. The van der Waals surface area contributed by atoms with Gasteiger partial charge in [0, 0.05) is 55.7 Å². The molecule has 0 bridgehead atoms. The number of hydrogen-bond acceptors (Lipinski definition) is 4. The third kappa shape index (κ3) is 5.41. The van der Waals surface area contributed by atoms with E-state index >= 15 is 0 Å². The first-order valence-corrected chi connectivity index (χ1v) is 18.4. The standard InChI is InChI=1S/C50H33N3O2/c54-49-42-22-13-23-43-48(42)53(47-31-29-41(33-45(47)50(43)55)52(38-18-9-3-10-19-38)39-20-11-4-12-21-39)46-30-26-35(32-44(46)49)34-24-27-40(28-25-34)51(36-14-5-1-6-15-36)37-16-7-2-8-17-37/h1-33H. The van der Waals surface area contributed by atoms with Gasteiger partial charge in [0.05, 0.1) is 16.6 Å². The van der Waals surface area contributed by atoms with Crippen LogP contribution < -0.4 is 20.7 Å². The van der Waals surface area contributed by atoms with Gasteiger partial charge in [0.2, 0.25) is 0 Å². The molecule has 5 nitrogen and oxygen atoms in total. The van der Waals surface area contributed by atoms with E-state index in [9.17, 15) is 9.59 Å². The van der Waals surface area contributed by atoms with Crippen LogP contribution in [0.4, 0.5) is 34.1 Å². The number of pyridine rings is 2. The van der Waals surface area contributed by atoms with Crippen molar-refractivity contribution in [3.8, 4) is 11.1 Å². The van der Waals surface area contributed by atoms with E-state index in [0.717, 1.165) is 56.3 Å². The van der Waals surface area contributed by atoms with Crippen molar-refractivity contribution in [2.45, 2.75) is 0 Å². The minimum absolute atomic E-state index is 0.0897. The number of hydrogen-bond donors (Lipinski definition) is 0. The lowest BCUT2D eigenvalue weighted by Crippen LogP contribution is -2.15. The van der Waals surface area contributed by atoms with Gasteiger partial charge >= 0.3 is 0 Å². The number of benzene rings is 8. The lowest BCUT2D eigenvalue weighted by molar-refractivity contribution is 1.27. The average Bonchev–Trinajstić information content (AvgIpc) is 3.25. The molecule has 0 amide bonds. The lowest BCUT2D eigenvalue weighted by atomic mass is 9.99. The fourth-order valence-electron chi connectivity index (χ4n) is 7.95. The van der Waals surface area contributed by atoms with Crippen LogP contribution >= 0.6 is 0 Å². The van der Waals surface area contributed by atoms with Crippen molar-refractivity contribution in [2.24, 2.45) is 0 Å². The van der Waals surface area contributed by atoms with Gasteiger partial charge in [-0.1, -0.05) is 97.1 Å². The van der Waals surface area contributed by atoms with Gasteiger partial charge in [0.15, 0.2) is 10.9 Å². The molecule has 0 atom stereocenters. The van der Waals surface area contributed by atoms with Crippen molar-refractivity contribution in [1.82, 2.24) is 4.40 Å². The second-order valence-corrected chi connectivity index (χ2v) is 13.7. The molecule has 0 radical (unpaired) electrons. The summed E-state index contributed by atoms with van der Waals surface area (Å²) >= 11 is 0. The maximum absolute atomic E-state index is 14.3. The third-order valence-corrected chi connectivity index (χ3v) is 10.5. The van der Waals surface area contributed by atoms with Crippen LogP contribution in [0.25, 0.3) is 49.2 Å². The predicted molar refractivity (Wildman–Crippen MR) is 228 cm³/mol. The van der Waals surface area contributed by atoms with Gasteiger partial charge in [-0.2, -0.15) is 0 Å². The Balaban J connectivity index is 1.13. The van der Waals surface area contributed by atoms with Gasteiger partial charge in [0.1, 0.15) is 0 Å². The van der Waals surface area contributed by atoms with E-state index < -0.39 is 0 Å². The van der Waals surface area contributed by atoms with Crippen LogP contribution in [-0.2, 0) is 0 Å². The molecule has 0 spiro atoms. The molecule has 8 aromatic carbocycles. The normalized spacial score (nSPS) is 11.4. The minimum Gasteiger partial charge on any atom is -0.311 e. The van der Waals surface area contributed by atoms with E-state index in [4.69, 9.17) is 0 Å². The molecule has 0 aliphatic heterocycles. The number of fused-ring (bicyclic) bond motifs is 4. The topological polar surface area (TPSA) is 45.0 Å². The first-order chi connectivity index (χ1) is 27.1. The molecule has 2 heterocycles. The zero-order chi connectivity index (χ0) is 36.9. The van der Waals surface area contributed by atoms with Crippen molar-refractivity contribution < 1.29 is 0 Å². The summed E-state index contributed by atoms with van der Waals surface area (Å²) in [4.78, 5) is 33.0. The second-order valence-electron chi connectivity index (χ2n) is 13.7. The van der Waals surface area contributed by atoms with Crippen LogP contribution in [0.15, 0.2) is 210 Å². The molecule has 0 N–H and O–H groups in total. The Morgan fingerprint density at radius 2 is 0.691 bits per heavy atom. The molecule has 260 valence electrons. The quantitative estimate of drug-likeness (QED) is 0.122. The van der Waals surface area contributed by atoms with Gasteiger partial charge in [-0.05, 0) is 114 Å². The van der Waals surface area contributed by atoms with Crippen molar-refractivity contribution >= 4 is 72.2 Å². The summed E-state index contributed by atoms with van der Waals surface area (Å²) < 4.78 is 2.10. The maximum atomic E-state index is 14.3.